The van der Waals surface area contributed by atoms with E-state index in [1.165, 1.54) is 0 Å². The third-order valence-electron chi connectivity index (χ3n) is 2.91. The number of hydrogen-bond acceptors (Lipinski definition) is 2. The van der Waals surface area contributed by atoms with Crippen molar-refractivity contribution in [3.63, 3.8) is 0 Å². The van der Waals surface area contributed by atoms with Crippen molar-refractivity contribution in [3.05, 3.63) is 32.7 Å². The average molecular weight is 363 g/mol. The van der Waals surface area contributed by atoms with E-state index in [1.54, 1.807) is 4.90 Å². The SMILES string of the molecule is O=C(c1ccc(Br)cc1Br)N1CCC(O)CC1. The minimum atomic E-state index is -0.257. The normalized spacial score (nSPS) is 17.2. The molecule has 0 radical (unpaired) electrons. The maximum Gasteiger partial charge on any atom is 0.255 e. The number of aliphatic hydroxyl groups is 1. The van der Waals surface area contributed by atoms with Crippen LogP contribution in [0.5, 0.6) is 0 Å². The molecule has 3 nitrogen and oxygen atoms in total. The molecular weight excluding hydrogens is 350 g/mol. The molecule has 0 unspecified atom stereocenters. The van der Waals surface area contributed by atoms with E-state index in [0.717, 1.165) is 8.95 Å². The number of halogens is 2. The van der Waals surface area contributed by atoms with Gasteiger partial charge in [-0.15, -0.1) is 0 Å². The van der Waals surface area contributed by atoms with Crippen LogP contribution in [0, 0.1) is 0 Å². The summed E-state index contributed by atoms with van der Waals surface area (Å²) < 4.78 is 1.73. The first-order valence-electron chi connectivity index (χ1n) is 5.50. The number of hydrogen-bond donors (Lipinski definition) is 1. The first-order chi connectivity index (χ1) is 8.08. The highest BCUT2D eigenvalue weighted by atomic mass is 79.9. The highest BCUT2D eigenvalue weighted by Gasteiger charge is 2.23. The summed E-state index contributed by atoms with van der Waals surface area (Å²) >= 11 is 6.76. The summed E-state index contributed by atoms with van der Waals surface area (Å²) in [5, 5.41) is 9.42. The van der Waals surface area contributed by atoms with Crippen molar-refractivity contribution in [2.24, 2.45) is 0 Å². The standard InChI is InChI=1S/C12H13Br2NO2/c13-8-1-2-10(11(14)7-8)12(17)15-5-3-9(16)4-6-15/h1-2,7,9,16H,3-6H2. The number of piperidine rings is 1. The van der Waals surface area contributed by atoms with Gasteiger partial charge in [0.1, 0.15) is 0 Å². The summed E-state index contributed by atoms with van der Waals surface area (Å²) in [4.78, 5) is 14.0. The topological polar surface area (TPSA) is 40.5 Å². The molecule has 17 heavy (non-hydrogen) atoms. The fourth-order valence-electron chi connectivity index (χ4n) is 1.90. The predicted molar refractivity (Wildman–Crippen MR) is 73.0 cm³/mol. The third kappa shape index (κ3) is 3.09. The lowest BCUT2D eigenvalue weighted by atomic mass is 10.1. The smallest absolute Gasteiger partial charge is 0.255 e. The molecule has 0 spiro atoms. The number of carbonyl (C=O) groups excluding carboxylic acids is 1. The Labute approximate surface area is 117 Å². The number of likely N-dealkylation sites (tertiary alicyclic amines) is 1. The van der Waals surface area contributed by atoms with E-state index in [2.05, 4.69) is 31.9 Å². The first kappa shape index (κ1) is 13.1. The van der Waals surface area contributed by atoms with Gasteiger partial charge in [-0.3, -0.25) is 4.79 Å². The Bertz CT molecular complexity index is 429. The van der Waals surface area contributed by atoms with Crippen molar-refractivity contribution in [3.8, 4) is 0 Å². The van der Waals surface area contributed by atoms with Crippen molar-refractivity contribution in [2.45, 2.75) is 18.9 Å². The maximum absolute atomic E-state index is 12.2. The van der Waals surface area contributed by atoms with Crippen LogP contribution in [0.25, 0.3) is 0 Å². The van der Waals surface area contributed by atoms with Crippen molar-refractivity contribution in [1.82, 2.24) is 4.90 Å². The fourth-order valence-corrected chi connectivity index (χ4v) is 3.12. The number of carbonyl (C=O) groups is 1. The van der Waals surface area contributed by atoms with Crippen LogP contribution in [-0.4, -0.2) is 35.1 Å². The summed E-state index contributed by atoms with van der Waals surface area (Å²) in [6, 6.07) is 5.53. The molecule has 0 aliphatic carbocycles. The van der Waals surface area contributed by atoms with E-state index in [9.17, 15) is 9.90 Å². The van der Waals surface area contributed by atoms with E-state index >= 15 is 0 Å². The van der Waals surface area contributed by atoms with Crippen molar-refractivity contribution >= 4 is 37.8 Å². The lowest BCUT2D eigenvalue weighted by Gasteiger charge is -2.29. The summed E-state index contributed by atoms with van der Waals surface area (Å²) in [7, 11) is 0. The lowest BCUT2D eigenvalue weighted by Crippen LogP contribution is -2.40. The Morgan fingerprint density at radius 2 is 1.94 bits per heavy atom. The first-order valence-corrected chi connectivity index (χ1v) is 7.09. The van der Waals surface area contributed by atoms with Gasteiger partial charge in [0.15, 0.2) is 0 Å². The van der Waals surface area contributed by atoms with Gasteiger partial charge in [-0.2, -0.15) is 0 Å². The largest absolute Gasteiger partial charge is 0.393 e. The van der Waals surface area contributed by atoms with E-state index in [4.69, 9.17) is 0 Å². The molecule has 2 rings (SSSR count). The van der Waals surface area contributed by atoms with Gasteiger partial charge in [0.25, 0.3) is 5.91 Å². The quantitative estimate of drug-likeness (QED) is 0.834. The number of benzene rings is 1. The molecule has 1 heterocycles. The fraction of sp³-hybridized carbons (Fsp3) is 0.417. The summed E-state index contributed by atoms with van der Waals surface area (Å²) in [6.45, 7) is 1.25. The molecule has 1 aromatic rings. The molecule has 1 aliphatic rings. The maximum atomic E-state index is 12.2. The van der Waals surface area contributed by atoms with Crippen LogP contribution in [-0.2, 0) is 0 Å². The predicted octanol–water partition coefficient (Wildman–Crippen LogP) is 2.81. The molecule has 0 atom stereocenters. The second-order valence-electron chi connectivity index (χ2n) is 4.15. The van der Waals surface area contributed by atoms with Crippen LogP contribution in [0.4, 0.5) is 0 Å². The van der Waals surface area contributed by atoms with Crippen molar-refractivity contribution in [1.29, 1.82) is 0 Å². The van der Waals surface area contributed by atoms with E-state index < -0.39 is 0 Å². The van der Waals surface area contributed by atoms with Gasteiger partial charge in [0.2, 0.25) is 0 Å². The molecule has 1 amide bonds. The molecule has 1 aliphatic heterocycles. The molecule has 0 aromatic heterocycles. The Hall–Kier alpha value is -0.390. The second kappa shape index (κ2) is 5.50. The summed E-state index contributed by atoms with van der Waals surface area (Å²) in [5.74, 6) is 0.0243. The monoisotopic (exact) mass is 361 g/mol. The van der Waals surface area contributed by atoms with Gasteiger partial charge in [-0.1, -0.05) is 15.9 Å². The number of rotatable bonds is 1. The van der Waals surface area contributed by atoms with Gasteiger partial charge >= 0.3 is 0 Å². The molecule has 0 bridgehead atoms. The van der Waals surface area contributed by atoms with Crippen LogP contribution in [0.3, 0.4) is 0 Å². The van der Waals surface area contributed by atoms with Gasteiger partial charge in [0, 0.05) is 22.0 Å². The van der Waals surface area contributed by atoms with E-state index in [1.807, 2.05) is 18.2 Å². The number of aliphatic hydroxyl groups excluding tert-OH is 1. The van der Waals surface area contributed by atoms with Gasteiger partial charge in [0.05, 0.1) is 11.7 Å². The Morgan fingerprint density at radius 3 is 2.53 bits per heavy atom. The molecular formula is C12H13Br2NO2. The number of amides is 1. The molecule has 1 aromatic carbocycles. The molecule has 1 N–H and O–H groups in total. The minimum absolute atomic E-state index is 0.0243. The van der Waals surface area contributed by atoms with Crippen LogP contribution in [0.15, 0.2) is 27.1 Å². The second-order valence-corrected chi connectivity index (χ2v) is 5.92. The zero-order chi connectivity index (χ0) is 12.4. The molecule has 0 saturated carbocycles. The van der Waals surface area contributed by atoms with Crippen LogP contribution in [0.2, 0.25) is 0 Å². The Balaban J connectivity index is 2.14. The molecule has 92 valence electrons. The van der Waals surface area contributed by atoms with Crippen LogP contribution >= 0.6 is 31.9 Å². The molecule has 5 heteroatoms. The summed E-state index contributed by atoms with van der Waals surface area (Å²) in [5.41, 5.74) is 0.671. The lowest BCUT2D eigenvalue weighted by molar-refractivity contribution is 0.0546. The third-order valence-corrected chi connectivity index (χ3v) is 4.06. The van der Waals surface area contributed by atoms with Crippen molar-refractivity contribution < 1.29 is 9.90 Å². The van der Waals surface area contributed by atoms with Crippen LogP contribution < -0.4 is 0 Å². The van der Waals surface area contributed by atoms with Crippen LogP contribution in [0.1, 0.15) is 23.2 Å². The van der Waals surface area contributed by atoms with Gasteiger partial charge in [-0.25, -0.2) is 0 Å². The Kier molecular flexibility index (Phi) is 4.22. The molecule has 1 saturated heterocycles. The zero-order valence-corrected chi connectivity index (χ0v) is 12.4. The highest BCUT2D eigenvalue weighted by molar-refractivity contribution is 9.11. The minimum Gasteiger partial charge on any atom is -0.393 e. The van der Waals surface area contributed by atoms with Gasteiger partial charge in [-0.05, 0) is 47.0 Å². The molecule has 1 fully saturated rings. The van der Waals surface area contributed by atoms with E-state index in [-0.39, 0.29) is 12.0 Å². The number of nitrogens with zero attached hydrogens (tertiary/aromatic N) is 1. The highest BCUT2D eigenvalue weighted by Crippen LogP contribution is 2.24. The van der Waals surface area contributed by atoms with E-state index in [0.29, 0.717) is 31.5 Å². The Morgan fingerprint density at radius 1 is 1.29 bits per heavy atom. The summed E-state index contributed by atoms with van der Waals surface area (Å²) in [6.07, 6.45) is 1.08. The van der Waals surface area contributed by atoms with Crippen molar-refractivity contribution in [2.75, 3.05) is 13.1 Å². The van der Waals surface area contributed by atoms with Gasteiger partial charge < -0.3 is 10.0 Å². The zero-order valence-electron chi connectivity index (χ0n) is 9.20. The average Bonchev–Trinajstić information content (AvgIpc) is 2.29.